The summed E-state index contributed by atoms with van der Waals surface area (Å²) in [4.78, 5) is 5.11. The Labute approximate surface area is 111 Å². The maximum atomic E-state index is 9.14. The van der Waals surface area contributed by atoms with Gasteiger partial charge in [0.25, 0.3) is 0 Å². The van der Waals surface area contributed by atoms with Crippen LogP contribution in [-0.2, 0) is 0 Å². The van der Waals surface area contributed by atoms with E-state index in [2.05, 4.69) is 22.8 Å². The highest BCUT2D eigenvalue weighted by molar-refractivity contribution is 4.98. The number of nitrogens with zero attached hydrogens (tertiary/aromatic N) is 3. The molecule has 0 radical (unpaired) electrons. The van der Waals surface area contributed by atoms with E-state index in [-0.39, 0.29) is 6.04 Å². The van der Waals surface area contributed by atoms with Gasteiger partial charge in [-0.3, -0.25) is 9.80 Å². The Hall–Kier alpha value is -0.590. The van der Waals surface area contributed by atoms with Crippen molar-refractivity contribution in [3.8, 4) is 6.07 Å². The summed E-state index contributed by atoms with van der Waals surface area (Å²) >= 11 is 0. The van der Waals surface area contributed by atoms with Crippen LogP contribution in [0, 0.1) is 23.2 Å². The first-order valence-electron chi connectivity index (χ1n) is 7.69. The van der Waals surface area contributed by atoms with E-state index in [9.17, 15) is 0 Å². The predicted molar refractivity (Wildman–Crippen MR) is 72.1 cm³/mol. The molecule has 0 N–H and O–H groups in total. The van der Waals surface area contributed by atoms with Gasteiger partial charge in [-0.25, -0.2) is 0 Å². The van der Waals surface area contributed by atoms with Crippen LogP contribution in [0.3, 0.4) is 0 Å². The smallest absolute Gasteiger partial charge is 0.0976 e. The summed E-state index contributed by atoms with van der Waals surface area (Å²) in [6.07, 6.45) is 6.89. The number of hydrogen-bond acceptors (Lipinski definition) is 3. The number of fused-ring (bicyclic) bond motifs is 2. The molecule has 2 saturated carbocycles. The van der Waals surface area contributed by atoms with Crippen molar-refractivity contribution in [2.75, 3.05) is 26.2 Å². The predicted octanol–water partition coefficient (Wildman–Crippen LogP) is 2.09. The first kappa shape index (κ1) is 12.4. The third-order valence-electron chi connectivity index (χ3n) is 5.50. The van der Waals surface area contributed by atoms with Crippen LogP contribution in [0.25, 0.3) is 0 Å². The average Bonchev–Trinajstić information content (AvgIpc) is 3.03. The van der Waals surface area contributed by atoms with E-state index in [0.29, 0.717) is 0 Å². The molecule has 0 aromatic rings. The van der Waals surface area contributed by atoms with Crippen LogP contribution in [0.15, 0.2) is 0 Å². The molecule has 0 aromatic carbocycles. The van der Waals surface area contributed by atoms with Crippen molar-refractivity contribution in [3.63, 3.8) is 0 Å². The minimum atomic E-state index is 0.146. The second-order valence-corrected chi connectivity index (χ2v) is 6.37. The van der Waals surface area contributed by atoms with Crippen LogP contribution in [0.2, 0.25) is 0 Å². The maximum Gasteiger partial charge on any atom is 0.0976 e. The normalized spacial score (nSPS) is 38.8. The van der Waals surface area contributed by atoms with Crippen LogP contribution < -0.4 is 0 Å². The SMILES string of the molecule is CCC(C#N)N1CCN(C2CC3CCC2C3)CC1. The molecule has 3 aliphatic rings. The minimum absolute atomic E-state index is 0.146. The number of nitriles is 1. The Morgan fingerprint density at radius 3 is 2.44 bits per heavy atom. The fourth-order valence-electron chi connectivity index (χ4n) is 4.47. The monoisotopic (exact) mass is 247 g/mol. The van der Waals surface area contributed by atoms with Crippen molar-refractivity contribution < 1.29 is 0 Å². The Morgan fingerprint density at radius 2 is 1.94 bits per heavy atom. The molecule has 18 heavy (non-hydrogen) atoms. The number of piperazine rings is 1. The van der Waals surface area contributed by atoms with Crippen molar-refractivity contribution >= 4 is 0 Å². The lowest BCUT2D eigenvalue weighted by atomic mass is 9.93. The number of hydrogen-bond donors (Lipinski definition) is 0. The van der Waals surface area contributed by atoms with Crippen LogP contribution in [0.1, 0.15) is 39.0 Å². The van der Waals surface area contributed by atoms with E-state index >= 15 is 0 Å². The van der Waals surface area contributed by atoms with Gasteiger partial charge in [0.1, 0.15) is 0 Å². The first-order chi connectivity index (χ1) is 8.81. The molecule has 1 saturated heterocycles. The lowest BCUT2D eigenvalue weighted by molar-refractivity contribution is 0.0602. The maximum absolute atomic E-state index is 9.14. The van der Waals surface area contributed by atoms with E-state index in [1.807, 2.05) is 0 Å². The molecule has 3 fully saturated rings. The van der Waals surface area contributed by atoms with Gasteiger partial charge in [-0.1, -0.05) is 13.3 Å². The van der Waals surface area contributed by atoms with E-state index in [1.54, 1.807) is 0 Å². The molecular weight excluding hydrogens is 222 g/mol. The quantitative estimate of drug-likeness (QED) is 0.765. The van der Waals surface area contributed by atoms with Crippen LogP contribution in [-0.4, -0.2) is 48.1 Å². The summed E-state index contributed by atoms with van der Waals surface area (Å²) in [6, 6.07) is 3.47. The van der Waals surface area contributed by atoms with Crippen molar-refractivity contribution in [1.29, 1.82) is 5.26 Å². The van der Waals surface area contributed by atoms with Gasteiger partial charge in [0.05, 0.1) is 12.1 Å². The van der Waals surface area contributed by atoms with E-state index in [1.165, 1.54) is 38.8 Å². The van der Waals surface area contributed by atoms with Crippen molar-refractivity contribution in [1.82, 2.24) is 9.80 Å². The van der Waals surface area contributed by atoms with Crippen molar-refractivity contribution in [2.45, 2.75) is 51.1 Å². The Balaban J connectivity index is 1.53. The molecule has 0 amide bonds. The third-order valence-corrected chi connectivity index (χ3v) is 5.50. The van der Waals surface area contributed by atoms with Crippen LogP contribution in [0.4, 0.5) is 0 Å². The highest BCUT2D eigenvalue weighted by Crippen LogP contribution is 2.46. The largest absolute Gasteiger partial charge is 0.298 e. The summed E-state index contributed by atoms with van der Waals surface area (Å²) in [7, 11) is 0. The van der Waals surface area contributed by atoms with Gasteiger partial charge in [-0.05, 0) is 37.5 Å². The fraction of sp³-hybridized carbons (Fsp3) is 0.933. The van der Waals surface area contributed by atoms with Gasteiger partial charge in [0.15, 0.2) is 0 Å². The lowest BCUT2D eigenvalue weighted by Crippen LogP contribution is -2.53. The number of rotatable bonds is 3. The molecule has 1 heterocycles. The lowest BCUT2D eigenvalue weighted by Gasteiger charge is -2.42. The molecule has 2 aliphatic carbocycles. The summed E-state index contributed by atoms with van der Waals surface area (Å²) in [5, 5.41) is 9.14. The average molecular weight is 247 g/mol. The first-order valence-corrected chi connectivity index (χ1v) is 7.69. The van der Waals surface area contributed by atoms with Gasteiger partial charge in [-0.2, -0.15) is 5.26 Å². The summed E-state index contributed by atoms with van der Waals surface area (Å²) in [5.41, 5.74) is 0. The highest BCUT2D eigenvalue weighted by Gasteiger charge is 2.42. The van der Waals surface area contributed by atoms with Gasteiger partial charge < -0.3 is 0 Å². The topological polar surface area (TPSA) is 30.3 Å². The Bertz CT molecular complexity index is 327. The molecule has 0 aromatic heterocycles. The molecule has 4 unspecified atom stereocenters. The second-order valence-electron chi connectivity index (χ2n) is 6.37. The molecule has 3 rings (SSSR count). The summed E-state index contributed by atoms with van der Waals surface area (Å²) < 4.78 is 0. The van der Waals surface area contributed by atoms with Gasteiger partial charge in [-0.15, -0.1) is 0 Å². The van der Waals surface area contributed by atoms with Crippen molar-refractivity contribution in [2.24, 2.45) is 11.8 Å². The minimum Gasteiger partial charge on any atom is -0.298 e. The fourth-order valence-corrected chi connectivity index (χ4v) is 4.47. The molecule has 2 bridgehead atoms. The molecule has 1 aliphatic heterocycles. The summed E-state index contributed by atoms with van der Waals surface area (Å²) in [5.74, 6) is 2.04. The van der Waals surface area contributed by atoms with E-state index < -0.39 is 0 Å². The zero-order valence-electron chi connectivity index (χ0n) is 11.5. The molecule has 4 atom stereocenters. The van der Waals surface area contributed by atoms with Crippen LogP contribution >= 0.6 is 0 Å². The van der Waals surface area contributed by atoms with E-state index in [0.717, 1.165) is 37.4 Å². The van der Waals surface area contributed by atoms with Gasteiger partial charge in [0.2, 0.25) is 0 Å². The molecule has 100 valence electrons. The van der Waals surface area contributed by atoms with Gasteiger partial charge in [0, 0.05) is 32.2 Å². The molecular formula is C15H25N3. The van der Waals surface area contributed by atoms with Gasteiger partial charge >= 0.3 is 0 Å². The Morgan fingerprint density at radius 1 is 1.17 bits per heavy atom. The highest BCUT2D eigenvalue weighted by atomic mass is 15.3. The van der Waals surface area contributed by atoms with Crippen molar-refractivity contribution in [3.05, 3.63) is 0 Å². The molecule has 0 spiro atoms. The Kier molecular flexibility index (Phi) is 3.59. The zero-order chi connectivity index (χ0) is 12.5. The molecule has 3 heteroatoms. The van der Waals surface area contributed by atoms with E-state index in [4.69, 9.17) is 5.26 Å². The van der Waals surface area contributed by atoms with Crippen LogP contribution in [0.5, 0.6) is 0 Å². The standard InChI is InChI=1S/C15H25N3/c1-2-14(11-16)17-5-7-18(8-6-17)15-10-12-3-4-13(15)9-12/h12-15H,2-10H2,1H3. The zero-order valence-corrected chi connectivity index (χ0v) is 11.5. The summed E-state index contributed by atoms with van der Waals surface area (Å²) in [6.45, 7) is 6.69. The second kappa shape index (κ2) is 5.19. The third kappa shape index (κ3) is 2.17. The molecule has 3 nitrogen and oxygen atoms in total.